The van der Waals surface area contributed by atoms with Gasteiger partial charge in [0.25, 0.3) is 5.91 Å². The van der Waals surface area contributed by atoms with Crippen LogP contribution in [0.15, 0.2) is 59.5 Å². The molecule has 0 aliphatic rings. The Morgan fingerprint density at radius 2 is 1.79 bits per heavy atom. The van der Waals surface area contributed by atoms with E-state index in [-0.39, 0.29) is 10.9 Å². The molecule has 0 aliphatic heterocycles. The van der Waals surface area contributed by atoms with E-state index in [4.69, 9.17) is 4.74 Å². The van der Waals surface area contributed by atoms with Gasteiger partial charge in [-0.1, -0.05) is 12.1 Å². The van der Waals surface area contributed by atoms with E-state index in [0.717, 1.165) is 5.56 Å². The molecule has 2 aromatic carbocycles. The fraction of sp³-hybridized carbons (Fsp3) is 0.200. The number of carbonyl (C=O) groups excluding carboxylic acids is 1. The topological polar surface area (TPSA) is 113 Å². The monoisotopic (exact) mass is 414 g/mol. The average Bonchev–Trinajstić information content (AvgIpc) is 3.15. The van der Waals surface area contributed by atoms with Gasteiger partial charge < -0.3 is 10.1 Å². The molecule has 0 aliphatic carbocycles. The quantitative estimate of drug-likeness (QED) is 0.550. The first kappa shape index (κ1) is 20.6. The summed E-state index contributed by atoms with van der Waals surface area (Å²) in [5.74, 6) is 0.624. The number of carbonyl (C=O) groups is 1. The molecular formula is C20H22N4O4S. The Hall–Kier alpha value is -3.17. The number of nitrogens with zero attached hydrogens (tertiary/aromatic N) is 1. The Balaban J connectivity index is 1.74. The maximum Gasteiger partial charge on any atom is 0.256 e. The van der Waals surface area contributed by atoms with Gasteiger partial charge in [-0.05, 0) is 50.2 Å². The molecular weight excluding hydrogens is 392 g/mol. The number of hydrogen-bond acceptors (Lipinski definition) is 5. The van der Waals surface area contributed by atoms with Crippen molar-refractivity contribution in [3.05, 3.63) is 60.2 Å². The van der Waals surface area contributed by atoms with Gasteiger partial charge in [-0.2, -0.15) is 5.10 Å². The van der Waals surface area contributed by atoms with Crippen molar-refractivity contribution in [1.82, 2.24) is 14.9 Å². The Morgan fingerprint density at radius 1 is 1.10 bits per heavy atom. The normalized spacial score (nSPS) is 11.4. The minimum atomic E-state index is -3.61. The van der Waals surface area contributed by atoms with Gasteiger partial charge in [-0.15, -0.1) is 0 Å². The number of aromatic amines is 1. The zero-order chi connectivity index (χ0) is 21.0. The molecule has 152 valence electrons. The van der Waals surface area contributed by atoms with Crippen molar-refractivity contribution < 1.29 is 17.9 Å². The van der Waals surface area contributed by atoms with Gasteiger partial charge in [-0.3, -0.25) is 9.89 Å². The molecule has 8 nitrogen and oxygen atoms in total. The molecule has 3 N–H and O–H groups in total. The van der Waals surface area contributed by atoms with Gasteiger partial charge in [-0.25, -0.2) is 13.1 Å². The van der Waals surface area contributed by atoms with Crippen LogP contribution in [0.5, 0.6) is 5.75 Å². The van der Waals surface area contributed by atoms with Gasteiger partial charge >= 0.3 is 0 Å². The second-order valence-electron chi connectivity index (χ2n) is 6.62. The number of amides is 1. The minimum Gasteiger partial charge on any atom is -0.496 e. The highest BCUT2D eigenvalue weighted by molar-refractivity contribution is 7.89. The van der Waals surface area contributed by atoms with E-state index in [0.29, 0.717) is 22.8 Å². The summed E-state index contributed by atoms with van der Waals surface area (Å²) in [6.45, 7) is 3.48. The number of para-hydroxylation sites is 1. The molecule has 9 heteroatoms. The van der Waals surface area contributed by atoms with Crippen molar-refractivity contribution in [2.24, 2.45) is 0 Å². The van der Waals surface area contributed by atoms with E-state index < -0.39 is 15.9 Å². The van der Waals surface area contributed by atoms with Crippen LogP contribution in [0, 0.1) is 0 Å². The van der Waals surface area contributed by atoms with Crippen LogP contribution in [0.1, 0.15) is 24.2 Å². The minimum absolute atomic E-state index is 0.0981. The summed E-state index contributed by atoms with van der Waals surface area (Å²) in [6, 6.07) is 14.6. The second kappa shape index (κ2) is 8.46. The van der Waals surface area contributed by atoms with E-state index in [1.165, 1.54) is 24.3 Å². The highest BCUT2D eigenvalue weighted by atomic mass is 32.2. The molecule has 0 saturated carbocycles. The van der Waals surface area contributed by atoms with Crippen molar-refractivity contribution in [3.8, 4) is 17.0 Å². The molecule has 3 aromatic rings. The van der Waals surface area contributed by atoms with Gasteiger partial charge in [0.1, 0.15) is 5.75 Å². The Bertz CT molecular complexity index is 1110. The first-order chi connectivity index (χ1) is 13.8. The standard InChI is InChI=1S/C20H22N4O4S/c1-13(2)24-29(26,27)15-10-8-14(9-11-15)20(25)21-19-12-17(22-23-19)16-6-4-5-7-18(16)28-3/h4-13,24H,1-3H3,(H2,21,22,23,25). The Morgan fingerprint density at radius 3 is 2.45 bits per heavy atom. The summed E-state index contributed by atoms with van der Waals surface area (Å²) in [6.07, 6.45) is 0. The molecule has 0 fully saturated rings. The van der Waals surface area contributed by atoms with Gasteiger partial charge in [0.05, 0.1) is 17.7 Å². The summed E-state index contributed by atoms with van der Waals surface area (Å²) < 4.78 is 32.2. The summed E-state index contributed by atoms with van der Waals surface area (Å²) in [5, 5.41) is 9.66. The van der Waals surface area contributed by atoms with E-state index in [9.17, 15) is 13.2 Å². The van der Waals surface area contributed by atoms with Crippen LogP contribution in [0.4, 0.5) is 5.82 Å². The zero-order valence-electron chi connectivity index (χ0n) is 16.3. The zero-order valence-corrected chi connectivity index (χ0v) is 17.1. The molecule has 0 unspecified atom stereocenters. The fourth-order valence-corrected chi connectivity index (χ4v) is 3.99. The third kappa shape index (κ3) is 4.82. The van der Waals surface area contributed by atoms with Crippen molar-refractivity contribution in [2.45, 2.75) is 24.8 Å². The molecule has 0 radical (unpaired) electrons. The molecule has 3 rings (SSSR count). The van der Waals surface area contributed by atoms with Gasteiger partial charge in [0.2, 0.25) is 10.0 Å². The third-order valence-corrected chi connectivity index (χ3v) is 5.71. The first-order valence-corrected chi connectivity index (χ1v) is 10.4. The van der Waals surface area contributed by atoms with Crippen LogP contribution in [-0.4, -0.2) is 37.7 Å². The molecule has 0 spiro atoms. The number of aromatic nitrogens is 2. The molecule has 1 aromatic heterocycles. The van der Waals surface area contributed by atoms with Crippen molar-refractivity contribution in [1.29, 1.82) is 0 Å². The summed E-state index contributed by atoms with van der Waals surface area (Å²) in [4.78, 5) is 12.6. The number of sulfonamides is 1. The molecule has 0 bridgehead atoms. The number of H-pyrrole nitrogens is 1. The van der Waals surface area contributed by atoms with E-state index in [1.807, 2.05) is 24.3 Å². The van der Waals surface area contributed by atoms with Crippen LogP contribution in [0.3, 0.4) is 0 Å². The highest BCUT2D eigenvalue weighted by Crippen LogP contribution is 2.29. The van der Waals surface area contributed by atoms with Gasteiger partial charge in [0.15, 0.2) is 5.82 Å². The van der Waals surface area contributed by atoms with Crippen LogP contribution >= 0.6 is 0 Å². The largest absolute Gasteiger partial charge is 0.496 e. The number of ether oxygens (including phenoxy) is 1. The average molecular weight is 414 g/mol. The molecule has 29 heavy (non-hydrogen) atoms. The number of hydrogen-bond donors (Lipinski definition) is 3. The number of rotatable bonds is 7. The number of nitrogens with one attached hydrogen (secondary N) is 3. The lowest BCUT2D eigenvalue weighted by Crippen LogP contribution is -2.30. The fourth-order valence-electron chi connectivity index (χ4n) is 2.74. The summed E-state index contributed by atoms with van der Waals surface area (Å²) >= 11 is 0. The maximum atomic E-state index is 12.5. The predicted octanol–water partition coefficient (Wildman–Crippen LogP) is 3.02. The SMILES string of the molecule is COc1ccccc1-c1cc(NC(=O)c2ccc(S(=O)(=O)NC(C)C)cc2)n[nH]1. The van der Waals surface area contributed by atoms with Crippen molar-refractivity contribution in [2.75, 3.05) is 12.4 Å². The first-order valence-electron chi connectivity index (χ1n) is 8.92. The predicted molar refractivity (Wildman–Crippen MR) is 110 cm³/mol. The molecule has 1 amide bonds. The van der Waals surface area contributed by atoms with Gasteiger partial charge in [0, 0.05) is 23.2 Å². The lowest BCUT2D eigenvalue weighted by atomic mass is 10.1. The van der Waals surface area contributed by atoms with Crippen molar-refractivity contribution >= 4 is 21.7 Å². The van der Waals surface area contributed by atoms with E-state index in [2.05, 4.69) is 20.2 Å². The van der Waals surface area contributed by atoms with Crippen molar-refractivity contribution in [3.63, 3.8) is 0 Å². The lowest BCUT2D eigenvalue weighted by Gasteiger charge is -2.10. The highest BCUT2D eigenvalue weighted by Gasteiger charge is 2.17. The molecule has 0 saturated heterocycles. The Labute approximate surface area is 169 Å². The van der Waals surface area contributed by atoms with E-state index in [1.54, 1.807) is 27.0 Å². The second-order valence-corrected chi connectivity index (χ2v) is 8.34. The van der Waals surface area contributed by atoms with Crippen LogP contribution in [0.25, 0.3) is 11.3 Å². The van der Waals surface area contributed by atoms with Crippen LogP contribution in [-0.2, 0) is 10.0 Å². The van der Waals surface area contributed by atoms with E-state index >= 15 is 0 Å². The van der Waals surface area contributed by atoms with Crippen LogP contribution in [0.2, 0.25) is 0 Å². The smallest absolute Gasteiger partial charge is 0.256 e. The summed E-state index contributed by atoms with van der Waals surface area (Å²) in [7, 11) is -2.02. The third-order valence-electron chi connectivity index (χ3n) is 4.03. The summed E-state index contributed by atoms with van der Waals surface area (Å²) in [5.41, 5.74) is 1.82. The Kier molecular flexibility index (Phi) is 6.00. The lowest BCUT2D eigenvalue weighted by molar-refractivity contribution is 0.102. The number of methoxy groups -OCH3 is 1. The number of anilines is 1. The number of benzene rings is 2. The maximum absolute atomic E-state index is 12.5. The van der Waals surface area contributed by atoms with Crippen LogP contribution < -0.4 is 14.8 Å². The molecule has 0 atom stereocenters. The molecule has 1 heterocycles.